The lowest BCUT2D eigenvalue weighted by Gasteiger charge is -2.21. The van der Waals surface area contributed by atoms with E-state index >= 15 is 0 Å². The molecule has 4 rings (SSSR count). The zero-order chi connectivity index (χ0) is 24.2. The van der Waals surface area contributed by atoms with Crippen LogP contribution >= 0.6 is 27.5 Å². The minimum absolute atomic E-state index is 0.0542. The van der Waals surface area contributed by atoms with Gasteiger partial charge in [0.05, 0.1) is 49.4 Å². The Morgan fingerprint density at radius 2 is 2.03 bits per heavy atom. The maximum Gasteiger partial charge on any atom is 0.163 e. The number of methoxy groups -OCH3 is 2. The van der Waals surface area contributed by atoms with E-state index < -0.39 is 0 Å². The molecule has 2 aromatic carbocycles. The summed E-state index contributed by atoms with van der Waals surface area (Å²) in [6.45, 7) is 5.35. The second-order valence-electron chi connectivity index (χ2n) is 7.96. The van der Waals surface area contributed by atoms with Crippen molar-refractivity contribution in [3.05, 3.63) is 58.2 Å². The van der Waals surface area contributed by atoms with Crippen molar-refractivity contribution in [1.82, 2.24) is 0 Å². The molecule has 2 saturated heterocycles. The highest BCUT2D eigenvalue weighted by Crippen LogP contribution is 2.39. The number of amidine groups is 1. The molecule has 2 unspecified atom stereocenters. The van der Waals surface area contributed by atoms with Gasteiger partial charge in [-0.3, -0.25) is 0 Å². The van der Waals surface area contributed by atoms with Gasteiger partial charge < -0.3 is 34.7 Å². The SMILES string of the molecule is C=CNc1cc(O[C@@H]2COC3C2OC[C@@H]3COC)c(OC)cc1C(N)=Nc1ccc(Br)c(Cl)c1. The normalized spacial score (nSPS) is 24.1. The third kappa shape index (κ3) is 5.18. The van der Waals surface area contributed by atoms with Gasteiger partial charge in [0.2, 0.25) is 0 Å². The summed E-state index contributed by atoms with van der Waals surface area (Å²) < 4.78 is 29.9. The number of ether oxygens (including phenoxy) is 5. The van der Waals surface area contributed by atoms with Crippen molar-refractivity contribution in [3.8, 4) is 11.5 Å². The first-order valence-corrected chi connectivity index (χ1v) is 11.9. The lowest BCUT2D eigenvalue weighted by molar-refractivity contribution is 0.0229. The molecule has 2 fully saturated rings. The molecular weight excluding hydrogens is 526 g/mol. The van der Waals surface area contributed by atoms with Crippen LogP contribution in [-0.4, -0.2) is 58.2 Å². The summed E-state index contributed by atoms with van der Waals surface area (Å²) in [6.07, 6.45) is 1.05. The summed E-state index contributed by atoms with van der Waals surface area (Å²) in [5.74, 6) is 1.50. The van der Waals surface area contributed by atoms with E-state index in [9.17, 15) is 0 Å². The van der Waals surface area contributed by atoms with Crippen LogP contribution in [0.3, 0.4) is 0 Å². The molecule has 0 aromatic heterocycles. The van der Waals surface area contributed by atoms with Crippen molar-refractivity contribution in [1.29, 1.82) is 0 Å². The molecule has 34 heavy (non-hydrogen) atoms. The molecule has 8 nitrogen and oxygen atoms in total. The maximum atomic E-state index is 6.37. The summed E-state index contributed by atoms with van der Waals surface area (Å²) in [4.78, 5) is 4.52. The van der Waals surface area contributed by atoms with Crippen LogP contribution in [0, 0.1) is 5.92 Å². The summed E-state index contributed by atoms with van der Waals surface area (Å²) >= 11 is 9.57. The van der Waals surface area contributed by atoms with E-state index in [-0.39, 0.29) is 30.1 Å². The summed E-state index contributed by atoms with van der Waals surface area (Å²) in [6, 6.07) is 8.93. The van der Waals surface area contributed by atoms with Crippen molar-refractivity contribution in [3.63, 3.8) is 0 Å². The quantitative estimate of drug-likeness (QED) is 0.349. The van der Waals surface area contributed by atoms with Gasteiger partial charge >= 0.3 is 0 Å². The number of nitrogens with two attached hydrogens (primary N) is 1. The van der Waals surface area contributed by atoms with Gasteiger partial charge in [-0.05, 0) is 46.4 Å². The van der Waals surface area contributed by atoms with Crippen molar-refractivity contribution in [2.24, 2.45) is 16.6 Å². The molecule has 2 heterocycles. The number of rotatable bonds is 9. The molecule has 2 aliphatic rings. The standard InChI is InChI=1S/C24H27BrClN3O5/c1-4-28-18-9-20(34-21-12-33-22-13(10-30-2)11-32-23(21)22)19(31-3)8-15(18)24(27)29-14-5-6-16(25)17(26)7-14/h4-9,13,21-23,28H,1,10-12H2,2-3H3,(H2,27,29)/t13-,21+,22?,23?/m0/s1. The molecule has 0 spiro atoms. The number of fused-ring (bicyclic) bond motifs is 1. The lowest BCUT2D eigenvalue weighted by atomic mass is 10.0. The third-order valence-corrected chi connectivity index (χ3v) is 6.99. The number of aliphatic imine (C=N–C) groups is 1. The van der Waals surface area contributed by atoms with Gasteiger partial charge in [0.1, 0.15) is 11.9 Å². The highest BCUT2D eigenvalue weighted by molar-refractivity contribution is 9.10. The van der Waals surface area contributed by atoms with E-state index in [0.29, 0.717) is 53.3 Å². The van der Waals surface area contributed by atoms with Crippen molar-refractivity contribution >= 4 is 44.7 Å². The largest absolute Gasteiger partial charge is 0.493 e. The number of nitrogens with one attached hydrogen (secondary N) is 1. The number of halogens is 2. The van der Waals surface area contributed by atoms with Crippen molar-refractivity contribution < 1.29 is 23.7 Å². The van der Waals surface area contributed by atoms with Crippen LogP contribution in [0.25, 0.3) is 0 Å². The second-order valence-corrected chi connectivity index (χ2v) is 9.22. The molecule has 0 saturated carbocycles. The Bertz CT molecular complexity index is 1080. The fourth-order valence-electron chi connectivity index (χ4n) is 4.17. The number of benzene rings is 2. The Labute approximate surface area is 212 Å². The zero-order valence-electron chi connectivity index (χ0n) is 18.9. The van der Waals surface area contributed by atoms with Gasteiger partial charge in [0.25, 0.3) is 0 Å². The second kappa shape index (κ2) is 11.0. The number of hydrogen-bond donors (Lipinski definition) is 2. The van der Waals surface area contributed by atoms with Crippen LogP contribution in [0.2, 0.25) is 5.02 Å². The van der Waals surface area contributed by atoms with Gasteiger partial charge in [-0.2, -0.15) is 0 Å². The average Bonchev–Trinajstić information content (AvgIpc) is 3.40. The van der Waals surface area contributed by atoms with Gasteiger partial charge in [0, 0.05) is 29.1 Å². The van der Waals surface area contributed by atoms with E-state index in [0.717, 1.165) is 4.47 Å². The highest BCUT2D eigenvalue weighted by atomic mass is 79.9. The smallest absolute Gasteiger partial charge is 0.163 e. The molecule has 10 heteroatoms. The third-order valence-electron chi connectivity index (χ3n) is 5.76. The topological polar surface area (TPSA) is 96.6 Å². The van der Waals surface area contributed by atoms with Crippen LogP contribution in [0.4, 0.5) is 11.4 Å². The molecule has 0 aliphatic carbocycles. The molecular formula is C24H27BrClN3O5. The number of hydrogen-bond acceptors (Lipinski definition) is 7. The Balaban J connectivity index is 1.61. The van der Waals surface area contributed by atoms with Crippen LogP contribution in [0.5, 0.6) is 11.5 Å². The fourth-order valence-corrected chi connectivity index (χ4v) is 4.59. The number of nitrogens with zero attached hydrogens (tertiary/aromatic N) is 1. The van der Waals surface area contributed by atoms with E-state index in [2.05, 4.69) is 32.8 Å². The molecule has 182 valence electrons. The minimum atomic E-state index is -0.279. The Morgan fingerprint density at radius 1 is 1.24 bits per heavy atom. The first-order valence-electron chi connectivity index (χ1n) is 10.7. The average molecular weight is 553 g/mol. The van der Waals surface area contributed by atoms with Crippen LogP contribution in [-0.2, 0) is 14.2 Å². The van der Waals surface area contributed by atoms with Crippen molar-refractivity contribution in [2.75, 3.05) is 39.4 Å². The molecule has 2 aromatic rings. The summed E-state index contributed by atoms with van der Waals surface area (Å²) in [7, 11) is 3.25. The Hall–Kier alpha value is -2.30. The zero-order valence-corrected chi connectivity index (χ0v) is 21.3. The fraction of sp³-hybridized carbons (Fsp3) is 0.375. The Morgan fingerprint density at radius 3 is 2.74 bits per heavy atom. The number of anilines is 1. The van der Waals surface area contributed by atoms with Gasteiger partial charge in [-0.15, -0.1) is 0 Å². The molecule has 4 atom stereocenters. The van der Waals surface area contributed by atoms with E-state index in [1.807, 2.05) is 18.2 Å². The first-order chi connectivity index (χ1) is 16.4. The van der Waals surface area contributed by atoms with E-state index in [1.165, 1.54) is 0 Å². The van der Waals surface area contributed by atoms with Crippen LogP contribution in [0.1, 0.15) is 5.56 Å². The maximum absolute atomic E-state index is 6.37. The van der Waals surface area contributed by atoms with Gasteiger partial charge in [-0.1, -0.05) is 18.2 Å². The van der Waals surface area contributed by atoms with Crippen LogP contribution in [0.15, 0.2) is 52.6 Å². The summed E-state index contributed by atoms with van der Waals surface area (Å²) in [5.41, 5.74) is 8.28. The lowest BCUT2D eigenvalue weighted by Crippen LogP contribution is -2.34. The molecule has 0 radical (unpaired) electrons. The Kier molecular flexibility index (Phi) is 8.00. The molecule has 0 bridgehead atoms. The highest BCUT2D eigenvalue weighted by Gasteiger charge is 2.49. The van der Waals surface area contributed by atoms with Gasteiger partial charge in [0.15, 0.2) is 17.6 Å². The first kappa shape index (κ1) is 24.8. The molecule has 2 aliphatic heterocycles. The monoisotopic (exact) mass is 551 g/mol. The minimum Gasteiger partial charge on any atom is -0.493 e. The molecule has 0 amide bonds. The summed E-state index contributed by atoms with van der Waals surface area (Å²) in [5, 5.41) is 3.65. The molecule has 3 N–H and O–H groups in total. The van der Waals surface area contributed by atoms with E-state index in [4.69, 9.17) is 41.0 Å². The van der Waals surface area contributed by atoms with Gasteiger partial charge in [-0.25, -0.2) is 4.99 Å². The predicted octanol–water partition coefficient (Wildman–Crippen LogP) is 4.51. The van der Waals surface area contributed by atoms with Crippen LogP contribution < -0.4 is 20.5 Å². The van der Waals surface area contributed by atoms with Crippen molar-refractivity contribution in [2.45, 2.75) is 18.3 Å². The predicted molar refractivity (Wildman–Crippen MR) is 136 cm³/mol. The van der Waals surface area contributed by atoms with E-state index in [1.54, 1.807) is 32.6 Å².